The van der Waals surface area contributed by atoms with E-state index < -0.39 is 0 Å². The molecule has 1 aliphatic heterocycles. The fraction of sp³-hybridized carbons (Fsp3) is 0.870. The van der Waals surface area contributed by atoms with Gasteiger partial charge in [-0.05, 0) is 69.6 Å². The van der Waals surface area contributed by atoms with Crippen LogP contribution in [0.3, 0.4) is 0 Å². The Bertz CT molecular complexity index is 727. The van der Waals surface area contributed by atoms with Gasteiger partial charge in [0.05, 0.1) is 18.2 Å². The van der Waals surface area contributed by atoms with Gasteiger partial charge in [0.15, 0.2) is 0 Å². The summed E-state index contributed by atoms with van der Waals surface area (Å²) < 4.78 is 7.82. The van der Waals surface area contributed by atoms with E-state index in [4.69, 9.17) is 4.74 Å². The van der Waals surface area contributed by atoms with Crippen LogP contribution in [0.25, 0.3) is 0 Å². The summed E-state index contributed by atoms with van der Waals surface area (Å²) in [5, 5.41) is 4.54. The molecule has 1 aromatic rings. The fourth-order valence-electron chi connectivity index (χ4n) is 7.40. The van der Waals surface area contributed by atoms with Crippen molar-refractivity contribution in [2.75, 3.05) is 39.3 Å². The van der Waals surface area contributed by atoms with Gasteiger partial charge < -0.3 is 9.64 Å². The maximum atomic E-state index is 13.3. The first-order valence-corrected chi connectivity index (χ1v) is 11.9. The first-order valence-electron chi connectivity index (χ1n) is 11.9. The second-order valence-corrected chi connectivity index (χ2v) is 10.8. The van der Waals surface area contributed by atoms with Gasteiger partial charge in [0.2, 0.25) is 5.91 Å². The summed E-state index contributed by atoms with van der Waals surface area (Å²) in [6.07, 6.45) is 12.0. The van der Waals surface area contributed by atoms with Crippen molar-refractivity contribution in [1.29, 1.82) is 0 Å². The van der Waals surface area contributed by atoms with Gasteiger partial charge >= 0.3 is 0 Å². The smallest absolute Gasteiger partial charge is 0.223 e. The average molecular weight is 416 g/mol. The number of hydrogen-bond donors (Lipinski definition) is 0. The number of amides is 1. The van der Waals surface area contributed by atoms with Crippen LogP contribution in [-0.2, 0) is 15.1 Å². The summed E-state index contributed by atoms with van der Waals surface area (Å²) in [7, 11) is 0. The summed E-state index contributed by atoms with van der Waals surface area (Å²) in [5.41, 5.74) is 0.283. The molecule has 4 saturated carbocycles. The van der Waals surface area contributed by atoms with E-state index in [0.717, 1.165) is 64.0 Å². The van der Waals surface area contributed by atoms with Crippen LogP contribution in [0.2, 0.25) is 0 Å². The number of hydrogen-bond acceptors (Lipinski definition) is 5. The molecule has 5 aliphatic rings. The molecule has 1 amide bonds. The highest BCUT2D eigenvalue weighted by molar-refractivity contribution is 5.77. The molecule has 0 radical (unpaired) electrons. The molecule has 4 bridgehead atoms. The highest BCUT2D eigenvalue weighted by Crippen LogP contribution is 2.65. The maximum absolute atomic E-state index is 13.3. The number of ether oxygens (including phenoxy) is 1. The minimum atomic E-state index is 0.107. The molecule has 5 fully saturated rings. The Kier molecular flexibility index (Phi) is 5.38. The zero-order valence-corrected chi connectivity index (χ0v) is 18.6. The molecule has 0 aromatic carbocycles. The topological polar surface area (TPSA) is 63.5 Å². The summed E-state index contributed by atoms with van der Waals surface area (Å²) >= 11 is 0. The van der Waals surface area contributed by atoms with Crippen molar-refractivity contribution in [2.45, 2.75) is 70.4 Å². The van der Waals surface area contributed by atoms with Crippen LogP contribution in [-0.4, -0.2) is 75.9 Å². The van der Waals surface area contributed by atoms with Crippen molar-refractivity contribution < 1.29 is 9.53 Å². The first-order chi connectivity index (χ1) is 14.5. The van der Waals surface area contributed by atoms with Gasteiger partial charge in [-0.2, -0.15) is 5.10 Å². The lowest BCUT2D eigenvalue weighted by atomic mass is 9.46. The van der Waals surface area contributed by atoms with Crippen molar-refractivity contribution >= 4 is 5.91 Å². The summed E-state index contributed by atoms with van der Waals surface area (Å²) in [5.74, 6) is 1.88. The Balaban J connectivity index is 1.20. The van der Waals surface area contributed by atoms with Gasteiger partial charge in [0.1, 0.15) is 12.7 Å². The average Bonchev–Trinajstić information content (AvgIpc) is 3.22. The Hall–Kier alpha value is -1.47. The van der Waals surface area contributed by atoms with E-state index in [-0.39, 0.29) is 17.1 Å². The van der Waals surface area contributed by atoms with Crippen molar-refractivity contribution in [1.82, 2.24) is 24.6 Å². The zero-order valence-electron chi connectivity index (χ0n) is 18.6. The molecule has 7 heteroatoms. The number of nitrogens with zero attached hydrogens (tertiary/aromatic N) is 5. The lowest BCUT2D eigenvalue weighted by Gasteiger charge is -2.62. The predicted molar refractivity (Wildman–Crippen MR) is 114 cm³/mol. The third kappa shape index (κ3) is 3.91. The van der Waals surface area contributed by atoms with Crippen LogP contribution in [0.1, 0.15) is 58.8 Å². The summed E-state index contributed by atoms with van der Waals surface area (Å²) in [6, 6.07) is 0. The molecule has 0 unspecified atom stereocenters. The van der Waals surface area contributed by atoms with Crippen LogP contribution in [0.15, 0.2) is 12.7 Å². The fourth-order valence-corrected chi connectivity index (χ4v) is 7.40. The van der Waals surface area contributed by atoms with Crippen molar-refractivity contribution in [2.24, 2.45) is 17.3 Å². The number of carbonyl (C=O) groups is 1. The SMILES string of the molecule is CC(C)OCCN1CCN(C(=O)CC23C[C@@H]4C[C@@H](C2)CC(n2cncn2)(C4)C3)CC1. The molecule has 0 spiro atoms. The monoisotopic (exact) mass is 415 g/mol. The molecule has 4 aliphatic carbocycles. The van der Waals surface area contributed by atoms with Gasteiger partial charge in [-0.25, -0.2) is 9.67 Å². The van der Waals surface area contributed by atoms with Crippen molar-refractivity contribution in [3.05, 3.63) is 12.7 Å². The van der Waals surface area contributed by atoms with Gasteiger partial charge in [0, 0.05) is 39.1 Å². The molecule has 2 atom stereocenters. The van der Waals surface area contributed by atoms with Crippen molar-refractivity contribution in [3.8, 4) is 0 Å². The Morgan fingerprint density at radius 1 is 1.13 bits per heavy atom. The van der Waals surface area contributed by atoms with E-state index in [1.807, 2.05) is 6.33 Å². The quantitative estimate of drug-likeness (QED) is 0.685. The van der Waals surface area contributed by atoms with Crippen LogP contribution in [0, 0.1) is 17.3 Å². The molecule has 166 valence electrons. The number of rotatable bonds is 7. The zero-order chi connectivity index (χ0) is 20.8. The first kappa shape index (κ1) is 20.4. The van der Waals surface area contributed by atoms with Crippen LogP contribution in [0.4, 0.5) is 0 Å². The van der Waals surface area contributed by atoms with Gasteiger partial charge in [0.25, 0.3) is 0 Å². The predicted octanol–water partition coefficient (Wildman–Crippen LogP) is 2.53. The van der Waals surface area contributed by atoms with Crippen LogP contribution in [0.5, 0.6) is 0 Å². The normalized spacial score (nSPS) is 36.0. The molecule has 6 rings (SSSR count). The maximum Gasteiger partial charge on any atom is 0.223 e. The Morgan fingerprint density at radius 3 is 2.50 bits per heavy atom. The largest absolute Gasteiger partial charge is 0.377 e. The minimum Gasteiger partial charge on any atom is -0.377 e. The van der Waals surface area contributed by atoms with E-state index in [0.29, 0.717) is 5.91 Å². The van der Waals surface area contributed by atoms with Gasteiger partial charge in [-0.15, -0.1) is 0 Å². The molecule has 1 saturated heterocycles. The molecular weight excluding hydrogens is 378 g/mol. The minimum absolute atomic E-state index is 0.107. The third-order valence-corrected chi connectivity index (χ3v) is 8.17. The molecule has 7 nitrogen and oxygen atoms in total. The number of carbonyl (C=O) groups excluding carboxylic acids is 1. The van der Waals surface area contributed by atoms with Crippen LogP contribution < -0.4 is 0 Å². The van der Waals surface area contributed by atoms with E-state index in [2.05, 4.69) is 38.4 Å². The number of piperazine rings is 1. The number of aromatic nitrogens is 3. The Labute approximate surface area is 180 Å². The lowest BCUT2D eigenvalue weighted by molar-refractivity contribution is -0.147. The summed E-state index contributed by atoms with van der Waals surface area (Å²) in [6.45, 7) is 9.55. The van der Waals surface area contributed by atoms with Crippen LogP contribution >= 0.6 is 0 Å². The van der Waals surface area contributed by atoms with E-state index in [1.54, 1.807) is 6.33 Å². The third-order valence-electron chi connectivity index (χ3n) is 8.17. The molecule has 1 aromatic heterocycles. The second-order valence-electron chi connectivity index (χ2n) is 10.8. The Morgan fingerprint density at radius 2 is 1.87 bits per heavy atom. The molecule has 2 heterocycles. The lowest BCUT2D eigenvalue weighted by Crippen LogP contribution is -2.58. The van der Waals surface area contributed by atoms with E-state index >= 15 is 0 Å². The summed E-state index contributed by atoms with van der Waals surface area (Å²) in [4.78, 5) is 22.1. The van der Waals surface area contributed by atoms with E-state index in [1.165, 1.54) is 32.1 Å². The highest BCUT2D eigenvalue weighted by Gasteiger charge is 2.59. The van der Waals surface area contributed by atoms with Crippen molar-refractivity contribution in [3.63, 3.8) is 0 Å². The van der Waals surface area contributed by atoms with E-state index in [9.17, 15) is 4.79 Å². The molecule has 0 N–H and O–H groups in total. The molecule has 30 heavy (non-hydrogen) atoms. The standard InChI is InChI=1S/C23H37N5O2/c1-18(2)30-8-7-26-3-5-27(6-4-26)21(29)14-22-10-19-9-20(11-22)13-23(12-19,15-22)28-17-24-16-25-28/h16-20H,3-15H2,1-2H3/t19-,20-,22?,23?/m0/s1. The van der Waals surface area contributed by atoms with Gasteiger partial charge in [-0.1, -0.05) is 0 Å². The molecular formula is C23H37N5O2. The van der Waals surface area contributed by atoms with Gasteiger partial charge in [-0.3, -0.25) is 9.69 Å². The highest BCUT2D eigenvalue weighted by atomic mass is 16.5. The second kappa shape index (κ2) is 7.90.